The molecule has 1 N–H and O–H groups in total. The molecule has 0 bridgehead atoms. The molecule has 0 spiro atoms. The van der Waals surface area contributed by atoms with Gasteiger partial charge in [-0.25, -0.2) is 4.79 Å². The standard InChI is InChI=1S/C21H24O4/c1-21(2,3)17-11-9-15(10-12-17)18(19(22)23)13-14-5-7-16(8-6-14)20(24)25-4/h5-12,18H,13H2,1-4H3,(H,22,23). The molecule has 132 valence electrons. The highest BCUT2D eigenvalue weighted by molar-refractivity contribution is 5.89. The molecule has 0 heterocycles. The van der Waals surface area contributed by atoms with E-state index in [2.05, 4.69) is 25.5 Å². The highest BCUT2D eigenvalue weighted by Gasteiger charge is 2.22. The van der Waals surface area contributed by atoms with Gasteiger partial charge in [0.2, 0.25) is 0 Å². The van der Waals surface area contributed by atoms with E-state index in [1.165, 1.54) is 12.7 Å². The van der Waals surface area contributed by atoms with Crippen molar-refractivity contribution in [3.8, 4) is 0 Å². The molecule has 0 aliphatic carbocycles. The number of carbonyl (C=O) groups excluding carboxylic acids is 1. The molecular formula is C21H24O4. The number of esters is 1. The van der Waals surface area contributed by atoms with E-state index in [1.807, 2.05) is 24.3 Å². The van der Waals surface area contributed by atoms with E-state index in [0.29, 0.717) is 12.0 Å². The summed E-state index contributed by atoms with van der Waals surface area (Å²) in [6.07, 6.45) is 0.367. The number of benzene rings is 2. The molecule has 25 heavy (non-hydrogen) atoms. The minimum Gasteiger partial charge on any atom is -0.481 e. The van der Waals surface area contributed by atoms with Gasteiger partial charge in [-0.1, -0.05) is 57.2 Å². The summed E-state index contributed by atoms with van der Waals surface area (Å²) in [5, 5.41) is 9.62. The van der Waals surface area contributed by atoms with Crippen LogP contribution in [0, 0.1) is 0 Å². The molecule has 0 saturated carbocycles. The number of carboxylic acids is 1. The van der Waals surface area contributed by atoms with E-state index >= 15 is 0 Å². The average Bonchev–Trinajstić information content (AvgIpc) is 2.58. The van der Waals surface area contributed by atoms with Crippen LogP contribution in [-0.2, 0) is 21.4 Å². The van der Waals surface area contributed by atoms with Gasteiger partial charge in [-0.3, -0.25) is 4.79 Å². The highest BCUT2D eigenvalue weighted by atomic mass is 16.5. The van der Waals surface area contributed by atoms with Gasteiger partial charge >= 0.3 is 11.9 Å². The number of hydrogen-bond acceptors (Lipinski definition) is 3. The third-order valence-corrected chi connectivity index (χ3v) is 4.29. The topological polar surface area (TPSA) is 63.6 Å². The van der Waals surface area contributed by atoms with E-state index in [-0.39, 0.29) is 5.41 Å². The maximum atomic E-state index is 11.7. The van der Waals surface area contributed by atoms with Crippen LogP contribution in [0.4, 0.5) is 0 Å². The van der Waals surface area contributed by atoms with Crippen LogP contribution in [0.3, 0.4) is 0 Å². The molecule has 2 rings (SSSR count). The zero-order valence-electron chi connectivity index (χ0n) is 15.1. The van der Waals surface area contributed by atoms with Crippen molar-refractivity contribution in [3.63, 3.8) is 0 Å². The number of aliphatic carboxylic acids is 1. The Labute approximate surface area is 148 Å². The van der Waals surface area contributed by atoms with Crippen molar-refractivity contribution in [1.29, 1.82) is 0 Å². The molecule has 0 aromatic heterocycles. The van der Waals surface area contributed by atoms with Crippen LogP contribution in [0.25, 0.3) is 0 Å². The Morgan fingerprint density at radius 3 is 2.00 bits per heavy atom. The molecule has 2 aromatic carbocycles. The normalized spacial score (nSPS) is 12.5. The fraction of sp³-hybridized carbons (Fsp3) is 0.333. The van der Waals surface area contributed by atoms with Gasteiger partial charge < -0.3 is 9.84 Å². The fourth-order valence-corrected chi connectivity index (χ4v) is 2.69. The number of carboxylic acid groups (broad SMARTS) is 1. The molecule has 2 aromatic rings. The van der Waals surface area contributed by atoms with Crippen LogP contribution in [-0.4, -0.2) is 24.2 Å². The molecule has 0 radical (unpaired) electrons. The summed E-state index contributed by atoms with van der Waals surface area (Å²) in [6.45, 7) is 6.37. The molecule has 0 saturated heterocycles. The number of ether oxygens (including phenoxy) is 1. The summed E-state index contributed by atoms with van der Waals surface area (Å²) in [4.78, 5) is 23.2. The largest absolute Gasteiger partial charge is 0.481 e. The van der Waals surface area contributed by atoms with Gasteiger partial charge in [-0.05, 0) is 40.7 Å². The van der Waals surface area contributed by atoms with Gasteiger partial charge in [0, 0.05) is 0 Å². The molecule has 1 atom stereocenters. The third kappa shape index (κ3) is 4.69. The first kappa shape index (κ1) is 18.7. The van der Waals surface area contributed by atoms with Crippen molar-refractivity contribution in [1.82, 2.24) is 0 Å². The smallest absolute Gasteiger partial charge is 0.337 e. The Hall–Kier alpha value is -2.62. The zero-order valence-corrected chi connectivity index (χ0v) is 15.1. The lowest BCUT2D eigenvalue weighted by atomic mass is 9.84. The molecule has 4 heteroatoms. The summed E-state index contributed by atoms with van der Waals surface area (Å²) in [6, 6.07) is 14.6. The van der Waals surface area contributed by atoms with Crippen molar-refractivity contribution in [2.45, 2.75) is 38.5 Å². The Morgan fingerprint density at radius 1 is 1.00 bits per heavy atom. The van der Waals surface area contributed by atoms with Crippen LogP contribution in [0.5, 0.6) is 0 Å². The van der Waals surface area contributed by atoms with E-state index in [9.17, 15) is 14.7 Å². The Bertz CT molecular complexity index is 737. The Balaban J connectivity index is 2.21. The number of rotatable bonds is 5. The fourth-order valence-electron chi connectivity index (χ4n) is 2.69. The Morgan fingerprint density at radius 2 is 1.56 bits per heavy atom. The molecule has 0 amide bonds. The van der Waals surface area contributed by atoms with Crippen LogP contribution in [0.1, 0.15) is 53.7 Å². The van der Waals surface area contributed by atoms with Crippen molar-refractivity contribution < 1.29 is 19.4 Å². The number of carbonyl (C=O) groups is 2. The second kappa shape index (κ2) is 7.51. The van der Waals surface area contributed by atoms with Gasteiger partial charge in [0.15, 0.2) is 0 Å². The van der Waals surface area contributed by atoms with Crippen molar-refractivity contribution in [3.05, 3.63) is 70.8 Å². The van der Waals surface area contributed by atoms with E-state index in [4.69, 9.17) is 0 Å². The van der Waals surface area contributed by atoms with Gasteiger partial charge in [-0.15, -0.1) is 0 Å². The van der Waals surface area contributed by atoms with Crippen LogP contribution >= 0.6 is 0 Å². The summed E-state index contributed by atoms with van der Waals surface area (Å²) < 4.78 is 4.67. The second-order valence-electron chi connectivity index (χ2n) is 7.16. The van der Waals surface area contributed by atoms with Crippen LogP contribution < -0.4 is 0 Å². The maximum absolute atomic E-state index is 11.7. The average molecular weight is 340 g/mol. The lowest BCUT2D eigenvalue weighted by Gasteiger charge is -2.20. The molecule has 4 nitrogen and oxygen atoms in total. The minimum absolute atomic E-state index is 0.0287. The first-order valence-corrected chi connectivity index (χ1v) is 8.23. The molecule has 1 unspecified atom stereocenters. The zero-order chi connectivity index (χ0) is 18.6. The quantitative estimate of drug-likeness (QED) is 0.829. The maximum Gasteiger partial charge on any atom is 0.337 e. The monoisotopic (exact) mass is 340 g/mol. The highest BCUT2D eigenvalue weighted by Crippen LogP contribution is 2.26. The predicted octanol–water partition coefficient (Wildman–Crippen LogP) is 4.18. The number of hydrogen-bond donors (Lipinski definition) is 1. The molecular weight excluding hydrogens is 316 g/mol. The van der Waals surface area contributed by atoms with Gasteiger partial charge in [0.05, 0.1) is 18.6 Å². The van der Waals surface area contributed by atoms with Gasteiger partial charge in [-0.2, -0.15) is 0 Å². The predicted molar refractivity (Wildman–Crippen MR) is 97.0 cm³/mol. The lowest BCUT2D eigenvalue weighted by Crippen LogP contribution is -2.16. The Kier molecular flexibility index (Phi) is 5.62. The first-order valence-electron chi connectivity index (χ1n) is 8.23. The summed E-state index contributed by atoms with van der Waals surface area (Å²) in [5.74, 6) is -1.89. The summed E-state index contributed by atoms with van der Waals surface area (Å²) >= 11 is 0. The van der Waals surface area contributed by atoms with Crippen molar-refractivity contribution >= 4 is 11.9 Å². The lowest BCUT2D eigenvalue weighted by molar-refractivity contribution is -0.138. The third-order valence-electron chi connectivity index (χ3n) is 4.29. The van der Waals surface area contributed by atoms with Crippen LogP contribution in [0.2, 0.25) is 0 Å². The van der Waals surface area contributed by atoms with E-state index < -0.39 is 17.9 Å². The first-order chi connectivity index (χ1) is 11.7. The summed E-state index contributed by atoms with van der Waals surface area (Å²) in [7, 11) is 1.33. The van der Waals surface area contributed by atoms with E-state index in [1.54, 1.807) is 24.3 Å². The van der Waals surface area contributed by atoms with Crippen molar-refractivity contribution in [2.24, 2.45) is 0 Å². The van der Waals surface area contributed by atoms with Crippen LogP contribution in [0.15, 0.2) is 48.5 Å². The number of methoxy groups -OCH3 is 1. The van der Waals surface area contributed by atoms with Gasteiger partial charge in [0.25, 0.3) is 0 Å². The van der Waals surface area contributed by atoms with Gasteiger partial charge in [0.1, 0.15) is 0 Å². The summed E-state index contributed by atoms with van der Waals surface area (Å²) in [5.41, 5.74) is 3.29. The minimum atomic E-state index is -0.861. The molecule has 0 aliphatic rings. The molecule has 0 aliphatic heterocycles. The van der Waals surface area contributed by atoms with E-state index in [0.717, 1.165) is 11.1 Å². The second-order valence-corrected chi connectivity index (χ2v) is 7.16. The van der Waals surface area contributed by atoms with Crippen molar-refractivity contribution in [2.75, 3.05) is 7.11 Å². The SMILES string of the molecule is COC(=O)c1ccc(CC(C(=O)O)c2ccc(C(C)(C)C)cc2)cc1. The molecule has 0 fully saturated rings.